The molecule has 2 rings (SSSR count). The highest BCUT2D eigenvalue weighted by Gasteiger charge is 2.16. The van der Waals surface area contributed by atoms with E-state index in [0.29, 0.717) is 21.9 Å². The number of rotatable bonds is 4. The van der Waals surface area contributed by atoms with Gasteiger partial charge in [-0.2, -0.15) is 0 Å². The van der Waals surface area contributed by atoms with Crippen LogP contribution in [0, 0.1) is 5.82 Å². The minimum absolute atomic E-state index is 0.118. The summed E-state index contributed by atoms with van der Waals surface area (Å²) in [5.41, 5.74) is 0.927. The SMILES string of the molecule is COc1cnccc1C(O)Cc1cc(Cl)ccc1F. The molecule has 2 aromatic rings. The number of halogens is 2. The van der Waals surface area contributed by atoms with Crippen molar-refractivity contribution in [1.29, 1.82) is 0 Å². The topological polar surface area (TPSA) is 42.4 Å². The molecule has 1 atom stereocenters. The summed E-state index contributed by atoms with van der Waals surface area (Å²) in [4.78, 5) is 3.91. The number of hydrogen-bond donors (Lipinski definition) is 1. The number of ether oxygens (including phenoxy) is 1. The maximum atomic E-state index is 13.6. The van der Waals surface area contributed by atoms with E-state index in [1.54, 1.807) is 12.3 Å². The van der Waals surface area contributed by atoms with Gasteiger partial charge in [0.05, 0.1) is 19.4 Å². The van der Waals surface area contributed by atoms with Gasteiger partial charge in [0.1, 0.15) is 11.6 Å². The molecule has 19 heavy (non-hydrogen) atoms. The lowest BCUT2D eigenvalue weighted by Gasteiger charge is -2.14. The molecule has 100 valence electrons. The fourth-order valence-electron chi connectivity index (χ4n) is 1.85. The first kappa shape index (κ1) is 13.8. The molecule has 0 amide bonds. The number of aromatic nitrogens is 1. The molecule has 0 radical (unpaired) electrons. The molecular weight excluding hydrogens is 269 g/mol. The Morgan fingerprint density at radius 1 is 1.42 bits per heavy atom. The van der Waals surface area contributed by atoms with Crippen molar-refractivity contribution in [1.82, 2.24) is 4.98 Å². The van der Waals surface area contributed by atoms with Gasteiger partial charge in [-0.3, -0.25) is 4.98 Å². The lowest BCUT2D eigenvalue weighted by Crippen LogP contribution is -2.05. The van der Waals surface area contributed by atoms with E-state index in [1.807, 2.05) is 0 Å². The summed E-state index contributed by atoms with van der Waals surface area (Å²) >= 11 is 5.82. The van der Waals surface area contributed by atoms with E-state index < -0.39 is 11.9 Å². The maximum Gasteiger partial charge on any atom is 0.142 e. The zero-order valence-electron chi connectivity index (χ0n) is 10.3. The third-order valence-corrected chi connectivity index (χ3v) is 3.05. The predicted molar refractivity (Wildman–Crippen MR) is 70.9 cm³/mol. The summed E-state index contributed by atoms with van der Waals surface area (Å²) < 4.78 is 18.7. The Morgan fingerprint density at radius 3 is 2.95 bits per heavy atom. The second kappa shape index (κ2) is 5.99. The van der Waals surface area contributed by atoms with Gasteiger partial charge in [-0.1, -0.05) is 11.6 Å². The van der Waals surface area contributed by atoms with Gasteiger partial charge in [0.2, 0.25) is 0 Å². The van der Waals surface area contributed by atoms with Crippen molar-refractivity contribution >= 4 is 11.6 Å². The number of benzene rings is 1. The number of hydrogen-bond acceptors (Lipinski definition) is 3. The van der Waals surface area contributed by atoms with Gasteiger partial charge in [0.25, 0.3) is 0 Å². The third-order valence-electron chi connectivity index (χ3n) is 2.82. The van der Waals surface area contributed by atoms with Gasteiger partial charge in [0, 0.05) is 23.2 Å². The van der Waals surface area contributed by atoms with Crippen LogP contribution in [0.15, 0.2) is 36.7 Å². The van der Waals surface area contributed by atoms with Gasteiger partial charge in [-0.25, -0.2) is 4.39 Å². The molecule has 0 aliphatic rings. The normalized spacial score (nSPS) is 12.2. The standard InChI is InChI=1S/C14H13ClFNO2/c1-19-14-8-17-5-4-11(14)13(18)7-9-6-10(15)2-3-12(9)16/h2-6,8,13,18H,7H2,1H3. The molecule has 1 N–H and O–H groups in total. The van der Waals surface area contributed by atoms with E-state index in [9.17, 15) is 9.50 Å². The van der Waals surface area contributed by atoms with Crippen molar-refractivity contribution < 1.29 is 14.2 Å². The Balaban J connectivity index is 2.25. The van der Waals surface area contributed by atoms with E-state index in [2.05, 4.69) is 4.98 Å². The molecule has 1 aromatic carbocycles. The third kappa shape index (κ3) is 3.22. The van der Waals surface area contributed by atoms with Crippen LogP contribution in [0.5, 0.6) is 5.75 Å². The van der Waals surface area contributed by atoms with Crippen LogP contribution >= 0.6 is 11.6 Å². The van der Waals surface area contributed by atoms with Crippen molar-refractivity contribution in [3.05, 3.63) is 58.6 Å². The Labute approximate surface area is 115 Å². The summed E-state index contributed by atoms with van der Waals surface area (Å²) in [6, 6.07) is 5.91. The van der Waals surface area contributed by atoms with Crippen LogP contribution in [0.25, 0.3) is 0 Å². The number of aliphatic hydroxyl groups is 1. The average Bonchev–Trinajstić information content (AvgIpc) is 2.42. The Morgan fingerprint density at radius 2 is 2.21 bits per heavy atom. The first-order valence-electron chi connectivity index (χ1n) is 5.71. The van der Waals surface area contributed by atoms with Gasteiger partial charge >= 0.3 is 0 Å². The number of nitrogens with zero attached hydrogens (tertiary/aromatic N) is 1. The molecule has 1 aromatic heterocycles. The van der Waals surface area contributed by atoms with Crippen molar-refractivity contribution in [2.24, 2.45) is 0 Å². The summed E-state index contributed by atoms with van der Waals surface area (Å²) in [5.74, 6) is 0.0777. The van der Waals surface area contributed by atoms with Crippen LogP contribution < -0.4 is 4.74 Å². The van der Waals surface area contributed by atoms with E-state index >= 15 is 0 Å². The van der Waals surface area contributed by atoms with Gasteiger partial charge in [0.15, 0.2) is 0 Å². The lowest BCUT2D eigenvalue weighted by molar-refractivity contribution is 0.172. The molecule has 0 saturated heterocycles. The molecule has 5 heteroatoms. The highest BCUT2D eigenvalue weighted by Crippen LogP contribution is 2.28. The van der Waals surface area contributed by atoms with Crippen LogP contribution in [0.3, 0.4) is 0 Å². The Kier molecular flexibility index (Phi) is 4.35. The highest BCUT2D eigenvalue weighted by atomic mass is 35.5. The van der Waals surface area contributed by atoms with E-state index in [4.69, 9.17) is 16.3 Å². The lowest BCUT2D eigenvalue weighted by atomic mass is 10.0. The number of aliphatic hydroxyl groups excluding tert-OH is 1. The molecule has 0 aliphatic carbocycles. The molecule has 0 fully saturated rings. The minimum Gasteiger partial charge on any atom is -0.495 e. The number of methoxy groups -OCH3 is 1. The van der Waals surface area contributed by atoms with Crippen LogP contribution in [-0.2, 0) is 6.42 Å². The minimum atomic E-state index is -0.883. The van der Waals surface area contributed by atoms with Gasteiger partial charge in [-0.15, -0.1) is 0 Å². The molecule has 3 nitrogen and oxygen atoms in total. The first-order valence-corrected chi connectivity index (χ1v) is 6.09. The maximum absolute atomic E-state index is 13.6. The zero-order valence-corrected chi connectivity index (χ0v) is 11.1. The molecule has 0 aliphatic heterocycles. The van der Waals surface area contributed by atoms with Crippen molar-refractivity contribution in [3.63, 3.8) is 0 Å². The first-order chi connectivity index (χ1) is 9.11. The summed E-state index contributed by atoms with van der Waals surface area (Å²) in [6.07, 6.45) is 2.29. The van der Waals surface area contributed by atoms with Crippen LogP contribution in [-0.4, -0.2) is 17.2 Å². The van der Waals surface area contributed by atoms with E-state index in [0.717, 1.165) is 0 Å². The monoisotopic (exact) mass is 281 g/mol. The quantitative estimate of drug-likeness (QED) is 0.936. The average molecular weight is 282 g/mol. The summed E-state index contributed by atoms with van der Waals surface area (Å²) in [5, 5.41) is 10.6. The van der Waals surface area contributed by atoms with Crippen molar-refractivity contribution in [2.45, 2.75) is 12.5 Å². The highest BCUT2D eigenvalue weighted by molar-refractivity contribution is 6.30. The van der Waals surface area contributed by atoms with E-state index in [-0.39, 0.29) is 6.42 Å². The number of pyridine rings is 1. The Bertz CT molecular complexity index is 577. The summed E-state index contributed by atoms with van der Waals surface area (Å²) in [6.45, 7) is 0. The smallest absolute Gasteiger partial charge is 0.142 e. The van der Waals surface area contributed by atoms with Crippen molar-refractivity contribution in [2.75, 3.05) is 7.11 Å². The molecule has 1 heterocycles. The second-order valence-corrected chi connectivity index (χ2v) is 4.51. The van der Waals surface area contributed by atoms with Gasteiger partial charge < -0.3 is 9.84 Å². The molecular formula is C14H13ClFNO2. The Hall–Kier alpha value is -1.65. The van der Waals surface area contributed by atoms with Crippen LogP contribution in [0.4, 0.5) is 4.39 Å². The molecule has 1 unspecified atom stereocenters. The molecule has 0 spiro atoms. The van der Waals surface area contributed by atoms with Crippen molar-refractivity contribution in [3.8, 4) is 5.75 Å². The summed E-state index contributed by atoms with van der Waals surface area (Å²) in [7, 11) is 1.49. The second-order valence-electron chi connectivity index (χ2n) is 4.07. The zero-order chi connectivity index (χ0) is 13.8. The molecule has 0 bridgehead atoms. The largest absolute Gasteiger partial charge is 0.495 e. The van der Waals surface area contributed by atoms with Crippen LogP contribution in [0.2, 0.25) is 5.02 Å². The molecule has 0 saturated carbocycles. The fraction of sp³-hybridized carbons (Fsp3) is 0.214. The van der Waals surface area contributed by atoms with E-state index in [1.165, 1.54) is 31.5 Å². The fourth-order valence-corrected chi connectivity index (χ4v) is 2.05. The van der Waals surface area contributed by atoms with Gasteiger partial charge in [-0.05, 0) is 29.8 Å². The van der Waals surface area contributed by atoms with Crippen LogP contribution in [0.1, 0.15) is 17.2 Å². The predicted octanol–water partition coefficient (Wildman–Crippen LogP) is 3.16.